The molecule has 0 spiro atoms. The average Bonchev–Trinajstić information content (AvgIpc) is 3.06. The van der Waals surface area contributed by atoms with Gasteiger partial charge >= 0.3 is 5.63 Å². The summed E-state index contributed by atoms with van der Waals surface area (Å²) in [7, 11) is 1.93. The van der Waals surface area contributed by atoms with Gasteiger partial charge in [-0.2, -0.15) is 0 Å². The molecule has 0 unspecified atom stereocenters. The molecule has 27 heavy (non-hydrogen) atoms. The van der Waals surface area contributed by atoms with E-state index >= 15 is 0 Å². The third-order valence-corrected chi connectivity index (χ3v) is 5.48. The molecule has 0 aliphatic rings. The van der Waals surface area contributed by atoms with Crippen molar-refractivity contribution < 1.29 is 4.42 Å². The quantitative estimate of drug-likeness (QED) is 0.388. The Labute approximate surface area is 160 Å². The average molecular weight is 378 g/mol. The van der Waals surface area contributed by atoms with Crippen LogP contribution in [0.15, 0.2) is 63.2 Å². The van der Waals surface area contributed by atoms with Crippen molar-refractivity contribution in [1.82, 2.24) is 19.7 Å². The molecule has 0 saturated heterocycles. The summed E-state index contributed by atoms with van der Waals surface area (Å²) in [6, 6.07) is 11.4. The normalized spacial score (nSPS) is 11.2. The van der Waals surface area contributed by atoms with Crippen LogP contribution >= 0.6 is 11.8 Å². The lowest BCUT2D eigenvalue weighted by molar-refractivity contribution is 0.559. The van der Waals surface area contributed by atoms with E-state index in [2.05, 4.69) is 28.2 Å². The second-order valence-corrected chi connectivity index (χ2v) is 7.11. The second-order valence-electron chi connectivity index (χ2n) is 6.17. The van der Waals surface area contributed by atoms with Crippen LogP contribution in [0.5, 0.6) is 0 Å². The van der Waals surface area contributed by atoms with Crippen molar-refractivity contribution >= 4 is 22.7 Å². The van der Waals surface area contributed by atoms with Crippen molar-refractivity contribution in [3.8, 4) is 11.4 Å². The molecule has 7 heteroatoms. The summed E-state index contributed by atoms with van der Waals surface area (Å²) in [5.41, 5.74) is 3.29. The van der Waals surface area contributed by atoms with E-state index in [1.807, 2.05) is 35.9 Å². The van der Waals surface area contributed by atoms with Gasteiger partial charge in [-0.05, 0) is 35.7 Å². The highest BCUT2D eigenvalue weighted by atomic mass is 32.2. The molecule has 0 saturated carbocycles. The zero-order valence-corrected chi connectivity index (χ0v) is 15.9. The monoisotopic (exact) mass is 378 g/mol. The first kappa shape index (κ1) is 17.5. The molecule has 1 aromatic carbocycles. The molecule has 136 valence electrons. The Hall–Kier alpha value is -2.93. The molecule has 0 aliphatic heterocycles. The summed E-state index contributed by atoms with van der Waals surface area (Å²) in [5.74, 6) is 1.36. The van der Waals surface area contributed by atoms with E-state index in [9.17, 15) is 4.79 Å². The largest absolute Gasteiger partial charge is 0.423 e. The number of aryl methyl sites for hydroxylation is 1. The minimum Gasteiger partial charge on any atom is -0.423 e. The fourth-order valence-corrected chi connectivity index (χ4v) is 3.85. The van der Waals surface area contributed by atoms with Gasteiger partial charge in [0.1, 0.15) is 5.58 Å². The van der Waals surface area contributed by atoms with E-state index in [0.29, 0.717) is 11.3 Å². The van der Waals surface area contributed by atoms with Gasteiger partial charge in [0.05, 0.1) is 0 Å². The van der Waals surface area contributed by atoms with Crippen molar-refractivity contribution in [2.75, 3.05) is 0 Å². The van der Waals surface area contributed by atoms with Crippen LogP contribution in [-0.4, -0.2) is 19.7 Å². The summed E-state index contributed by atoms with van der Waals surface area (Å²) < 4.78 is 7.31. The Morgan fingerprint density at radius 2 is 2.07 bits per heavy atom. The number of nitrogens with zero attached hydrogens (tertiary/aromatic N) is 4. The molecule has 3 heterocycles. The first-order chi connectivity index (χ1) is 13.2. The molecule has 0 bridgehead atoms. The molecular weight excluding hydrogens is 360 g/mol. The van der Waals surface area contributed by atoms with Crippen LogP contribution in [0.4, 0.5) is 0 Å². The number of hydrogen-bond donors (Lipinski definition) is 0. The molecule has 0 amide bonds. The molecule has 0 fully saturated rings. The Balaban J connectivity index is 1.63. The van der Waals surface area contributed by atoms with E-state index < -0.39 is 0 Å². The van der Waals surface area contributed by atoms with Crippen molar-refractivity contribution in [3.63, 3.8) is 0 Å². The van der Waals surface area contributed by atoms with Gasteiger partial charge in [-0.3, -0.25) is 4.98 Å². The Bertz CT molecular complexity index is 1150. The standard InChI is InChI=1S/C20H18N4O2S/c1-3-13-6-7-16-15(10-18(25)26-17(16)9-13)12-27-20-23-22-19(24(20)2)14-5-4-8-21-11-14/h4-11H,3,12H2,1-2H3. The fraction of sp³-hybridized carbons (Fsp3) is 0.200. The third-order valence-electron chi connectivity index (χ3n) is 4.41. The number of aromatic nitrogens is 4. The predicted molar refractivity (Wildman–Crippen MR) is 106 cm³/mol. The van der Waals surface area contributed by atoms with Crippen LogP contribution in [0, 0.1) is 0 Å². The van der Waals surface area contributed by atoms with Crippen molar-refractivity contribution in [2.45, 2.75) is 24.3 Å². The molecule has 6 nitrogen and oxygen atoms in total. The van der Waals surface area contributed by atoms with Crippen molar-refractivity contribution in [1.29, 1.82) is 0 Å². The number of fused-ring (bicyclic) bond motifs is 1. The number of pyridine rings is 1. The topological polar surface area (TPSA) is 73.8 Å². The van der Waals surface area contributed by atoms with Crippen molar-refractivity contribution in [3.05, 3.63) is 70.3 Å². The third kappa shape index (κ3) is 3.50. The predicted octanol–water partition coefficient (Wildman–Crippen LogP) is 3.84. The minimum absolute atomic E-state index is 0.333. The lowest BCUT2D eigenvalue weighted by atomic mass is 10.1. The number of benzene rings is 1. The summed E-state index contributed by atoms with van der Waals surface area (Å²) in [6.07, 6.45) is 4.39. The maximum Gasteiger partial charge on any atom is 0.336 e. The molecule has 0 aliphatic carbocycles. The minimum atomic E-state index is -0.333. The maximum absolute atomic E-state index is 12.0. The Kier molecular flexibility index (Phi) is 4.77. The summed E-state index contributed by atoms with van der Waals surface area (Å²) >= 11 is 1.54. The molecule has 3 aromatic heterocycles. The summed E-state index contributed by atoms with van der Waals surface area (Å²) in [4.78, 5) is 16.1. The van der Waals surface area contributed by atoms with Gasteiger partial charge in [0.15, 0.2) is 11.0 Å². The van der Waals surface area contributed by atoms with Gasteiger partial charge in [0, 0.05) is 42.2 Å². The van der Waals surface area contributed by atoms with E-state index in [1.54, 1.807) is 18.5 Å². The lowest BCUT2D eigenvalue weighted by Crippen LogP contribution is -2.01. The van der Waals surface area contributed by atoms with E-state index in [-0.39, 0.29) is 5.63 Å². The summed E-state index contributed by atoms with van der Waals surface area (Å²) in [6.45, 7) is 2.08. The SMILES string of the molecule is CCc1ccc2c(CSc3nnc(-c4cccnc4)n3C)cc(=O)oc2c1. The van der Waals surface area contributed by atoms with Gasteiger partial charge < -0.3 is 8.98 Å². The fourth-order valence-electron chi connectivity index (χ4n) is 2.94. The van der Waals surface area contributed by atoms with Gasteiger partial charge in [-0.25, -0.2) is 4.79 Å². The maximum atomic E-state index is 12.0. The van der Waals surface area contributed by atoms with Gasteiger partial charge in [0.2, 0.25) is 0 Å². The molecular formula is C20H18N4O2S. The molecule has 0 atom stereocenters. The zero-order valence-electron chi connectivity index (χ0n) is 15.0. The zero-order chi connectivity index (χ0) is 18.8. The Morgan fingerprint density at radius 3 is 2.85 bits per heavy atom. The Morgan fingerprint density at radius 1 is 1.19 bits per heavy atom. The van der Waals surface area contributed by atoms with Crippen LogP contribution in [0.2, 0.25) is 0 Å². The number of hydrogen-bond acceptors (Lipinski definition) is 6. The number of thioether (sulfide) groups is 1. The van der Waals surface area contributed by atoms with Crippen molar-refractivity contribution in [2.24, 2.45) is 7.05 Å². The highest BCUT2D eigenvalue weighted by Gasteiger charge is 2.13. The van der Waals surface area contributed by atoms with Crippen LogP contribution in [-0.2, 0) is 19.2 Å². The van der Waals surface area contributed by atoms with E-state index in [4.69, 9.17) is 4.42 Å². The molecule has 4 rings (SSSR count). The number of rotatable bonds is 5. The van der Waals surface area contributed by atoms with Gasteiger partial charge in [0.25, 0.3) is 0 Å². The summed E-state index contributed by atoms with van der Waals surface area (Å²) in [5, 5.41) is 10.3. The molecule has 0 N–H and O–H groups in total. The van der Waals surface area contributed by atoms with Crippen LogP contribution in [0.1, 0.15) is 18.1 Å². The van der Waals surface area contributed by atoms with Gasteiger partial charge in [-0.15, -0.1) is 10.2 Å². The molecule has 0 radical (unpaired) electrons. The van der Waals surface area contributed by atoms with Gasteiger partial charge in [-0.1, -0.05) is 30.8 Å². The van der Waals surface area contributed by atoms with E-state index in [0.717, 1.165) is 39.5 Å². The first-order valence-electron chi connectivity index (χ1n) is 8.64. The molecule has 4 aromatic rings. The van der Waals surface area contributed by atoms with Crippen LogP contribution < -0.4 is 5.63 Å². The van der Waals surface area contributed by atoms with E-state index in [1.165, 1.54) is 11.8 Å². The first-order valence-corrected chi connectivity index (χ1v) is 9.62. The highest BCUT2D eigenvalue weighted by Crippen LogP contribution is 2.28. The highest BCUT2D eigenvalue weighted by molar-refractivity contribution is 7.98. The smallest absolute Gasteiger partial charge is 0.336 e. The van der Waals surface area contributed by atoms with Crippen LogP contribution in [0.3, 0.4) is 0 Å². The van der Waals surface area contributed by atoms with Crippen LogP contribution in [0.25, 0.3) is 22.4 Å². The lowest BCUT2D eigenvalue weighted by Gasteiger charge is -2.07. The second kappa shape index (κ2) is 7.36.